The van der Waals surface area contributed by atoms with Crippen LogP contribution in [-0.2, 0) is 4.79 Å². The van der Waals surface area contributed by atoms with Crippen LogP contribution in [0.5, 0.6) is 0 Å². The van der Waals surface area contributed by atoms with E-state index >= 15 is 0 Å². The predicted molar refractivity (Wildman–Crippen MR) is 33.5 cm³/mol. The standard InChI is InChI=1S/C6H10N2O/c1-3-6(9)8-5(2)4-7/h5H,3H2,1-2H3,(H,8,9)/t5-/m0/s1. The molecule has 1 amide bonds. The summed E-state index contributed by atoms with van der Waals surface area (Å²) >= 11 is 0. The lowest BCUT2D eigenvalue weighted by molar-refractivity contribution is -0.121. The van der Waals surface area contributed by atoms with Crippen molar-refractivity contribution >= 4 is 5.91 Å². The second kappa shape index (κ2) is 3.90. The van der Waals surface area contributed by atoms with Crippen LogP contribution in [0.2, 0.25) is 0 Å². The fraction of sp³-hybridized carbons (Fsp3) is 0.667. The molecule has 0 heterocycles. The molecule has 0 unspecified atom stereocenters. The Morgan fingerprint density at radius 1 is 1.89 bits per heavy atom. The van der Waals surface area contributed by atoms with Crippen molar-refractivity contribution in [2.45, 2.75) is 26.3 Å². The third-order valence-electron chi connectivity index (χ3n) is 0.892. The first-order valence-corrected chi connectivity index (χ1v) is 2.89. The highest BCUT2D eigenvalue weighted by atomic mass is 16.1. The zero-order valence-electron chi connectivity index (χ0n) is 5.64. The largest absolute Gasteiger partial charge is 0.341 e. The zero-order chi connectivity index (χ0) is 7.28. The third kappa shape index (κ3) is 3.53. The maximum Gasteiger partial charge on any atom is 0.220 e. The van der Waals surface area contributed by atoms with E-state index in [2.05, 4.69) is 5.32 Å². The molecule has 0 aromatic rings. The summed E-state index contributed by atoms with van der Waals surface area (Å²) in [5, 5.41) is 10.7. The van der Waals surface area contributed by atoms with Crippen molar-refractivity contribution in [2.75, 3.05) is 0 Å². The van der Waals surface area contributed by atoms with Gasteiger partial charge in [-0.3, -0.25) is 4.79 Å². The van der Waals surface area contributed by atoms with Gasteiger partial charge in [0.15, 0.2) is 0 Å². The highest BCUT2D eigenvalue weighted by molar-refractivity contribution is 5.76. The topological polar surface area (TPSA) is 52.9 Å². The van der Waals surface area contributed by atoms with Crippen molar-refractivity contribution in [3.8, 4) is 6.07 Å². The van der Waals surface area contributed by atoms with Crippen LogP contribution in [0.15, 0.2) is 0 Å². The normalized spacial score (nSPS) is 11.7. The van der Waals surface area contributed by atoms with E-state index in [4.69, 9.17) is 5.26 Å². The molecule has 1 atom stereocenters. The van der Waals surface area contributed by atoms with Crippen LogP contribution in [0.1, 0.15) is 20.3 Å². The molecule has 0 spiro atoms. The number of nitrogens with zero attached hydrogens (tertiary/aromatic N) is 1. The smallest absolute Gasteiger partial charge is 0.220 e. The molecule has 0 aliphatic heterocycles. The number of carbonyl (C=O) groups is 1. The van der Waals surface area contributed by atoms with Crippen molar-refractivity contribution < 1.29 is 4.79 Å². The SMILES string of the molecule is CCC(=O)N[C@@H](C)C#N. The van der Waals surface area contributed by atoms with Gasteiger partial charge in [0.25, 0.3) is 0 Å². The molecule has 0 aromatic heterocycles. The molecular weight excluding hydrogens is 116 g/mol. The Morgan fingerprint density at radius 2 is 2.44 bits per heavy atom. The van der Waals surface area contributed by atoms with Gasteiger partial charge >= 0.3 is 0 Å². The lowest BCUT2D eigenvalue weighted by Crippen LogP contribution is -2.30. The van der Waals surface area contributed by atoms with Crippen molar-refractivity contribution in [1.29, 1.82) is 5.26 Å². The lowest BCUT2D eigenvalue weighted by atomic mass is 10.3. The number of nitrogens with one attached hydrogen (secondary N) is 1. The van der Waals surface area contributed by atoms with Gasteiger partial charge < -0.3 is 5.32 Å². The summed E-state index contributed by atoms with van der Waals surface area (Å²) in [6.07, 6.45) is 0.437. The van der Waals surface area contributed by atoms with Crippen LogP contribution in [0, 0.1) is 11.3 Å². The Labute approximate surface area is 54.7 Å². The first-order valence-electron chi connectivity index (χ1n) is 2.89. The predicted octanol–water partition coefficient (Wildman–Crippen LogP) is 0.425. The van der Waals surface area contributed by atoms with Gasteiger partial charge in [-0.15, -0.1) is 0 Å². The molecule has 50 valence electrons. The first kappa shape index (κ1) is 7.96. The average Bonchev–Trinajstić information content (AvgIpc) is 1.87. The van der Waals surface area contributed by atoms with Crippen molar-refractivity contribution in [3.63, 3.8) is 0 Å². The molecule has 1 N–H and O–H groups in total. The number of rotatable bonds is 2. The van der Waals surface area contributed by atoms with Crippen LogP contribution >= 0.6 is 0 Å². The second-order valence-corrected chi connectivity index (χ2v) is 1.77. The minimum Gasteiger partial charge on any atom is -0.341 e. The molecule has 0 aliphatic rings. The summed E-state index contributed by atoms with van der Waals surface area (Å²) in [6.45, 7) is 3.40. The minimum absolute atomic E-state index is 0.0796. The van der Waals surface area contributed by atoms with E-state index in [-0.39, 0.29) is 11.9 Å². The van der Waals surface area contributed by atoms with Crippen LogP contribution in [-0.4, -0.2) is 11.9 Å². The van der Waals surface area contributed by atoms with Gasteiger partial charge in [-0.05, 0) is 6.92 Å². The molecule has 0 radical (unpaired) electrons. The maximum atomic E-state index is 10.5. The van der Waals surface area contributed by atoms with Gasteiger partial charge in [-0.25, -0.2) is 0 Å². The van der Waals surface area contributed by atoms with Crippen LogP contribution in [0.4, 0.5) is 0 Å². The van der Waals surface area contributed by atoms with Crippen LogP contribution < -0.4 is 5.32 Å². The molecule has 0 rings (SSSR count). The molecule has 0 aliphatic carbocycles. The van der Waals surface area contributed by atoms with Gasteiger partial charge in [-0.2, -0.15) is 5.26 Å². The monoisotopic (exact) mass is 126 g/mol. The van der Waals surface area contributed by atoms with Crippen LogP contribution in [0.25, 0.3) is 0 Å². The zero-order valence-corrected chi connectivity index (χ0v) is 5.64. The number of hydrogen-bond acceptors (Lipinski definition) is 2. The Kier molecular flexibility index (Phi) is 3.45. The van der Waals surface area contributed by atoms with E-state index in [9.17, 15) is 4.79 Å². The van der Waals surface area contributed by atoms with E-state index in [1.54, 1.807) is 13.8 Å². The van der Waals surface area contributed by atoms with Gasteiger partial charge in [0.2, 0.25) is 5.91 Å². The van der Waals surface area contributed by atoms with Crippen molar-refractivity contribution in [3.05, 3.63) is 0 Å². The third-order valence-corrected chi connectivity index (χ3v) is 0.892. The molecule has 9 heavy (non-hydrogen) atoms. The summed E-state index contributed by atoms with van der Waals surface area (Å²) in [5.74, 6) is -0.0796. The fourth-order valence-corrected chi connectivity index (χ4v) is 0.376. The summed E-state index contributed by atoms with van der Waals surface area (Å²) in [4.78, 5) is 10.5. The van der Waals surface area contributed by atoms with E-state index in [0.717, 1.165) is 0 Å². The van der Waals surface area contributed by atoms with E-state index in [1.807, 2.05) is 6.07 Å². The first-order chi connectivity index (χ1) is 4.20. The van der Waals surface area contributed by atoms with Gasteiger partial charge in [0.05, 0.1) is 6.07 Å². The molecule has 0 bridgehead atoms. The molecule has 0 saturated carbocycles. The summed E-state index contributed by atoms with van der Waals surface area (Å²) in [5.41, 5.74) is 0. The molecule has 0 aromatic carbocycles. The van der Waals surface area contributed by atoms with Crippen molar-refractivity contribution in [1.82, 2.24) is 5.32 Å². The van der Waals surface area contributed by atoms with Crippen molar-refractivity contribution in [2.24, 2.45) is 0 Å². The fourth-order valence-electron chi connectivity index (χ4n) is 0.376. The van der Waals surface area contributed by atoms with Gasteiger partial charge in [0, 0.05) is 6.42 Å². The molecule has 3 nitrogen and oxygen atoms in total. The van der Waals surface area contributed by atoms with Gasteiger partial charge in [-0.1, -0.05) is 6.92 Å². The van der Waals surface area contributed by atoms with E-state index in [0.29, 0.717) is 6.42 Å². The molecule has 0 saturated heterocycles. The Balaban J connectivity index is 3.50. The number of hydrogen-bond donors (Lipinski definition) is 1. The average molecular weight is 126 g/mol. The Morgan fingerprint density at radius 3 is 2.78 bits per heavy atom. The Bertz CT molecular complexity index is 136. The lowest BCUT2D eigenvalue weighted by Gasteiger charge is -2.02. The summed E-state index contributed by atoms with van der Waals surface area (Å²) in [6, 6.07) is 1.53. The summed E-state index contributed by atoms with van der Waals surface area (Å²) < 4.78 is 0. The van der Waals surface area contributed by atoms with Gasteiger partial charge in [0.1, 0.15) is 6.04 Å². The summed E-state index contributed by atoms with van der Waals surface area (Å²) in [7, 11) is 0. The second-order valence-electron chi connectivity index (χ2n) is 1.77. The molecular formula is C6H10N2O. The van der Waals surface area contributed by atoms with E-state index < -0.39 is 0 Å². The Hall–Kier alpha value is -1.04. The molecule has 3 heteroatoms. The molecule has 0 fully saturated rings. The van der Waals surface area contributed by atoms with Crippen LogP contribution in [0.3, 0.4) is 0 Å². The van der Waals surface area contributed by atoms with E-state index in [1.165, 1.54) is 0 Å². The highest BCUT2D eigenvalue weighted by Gasteiger charge is 2.00. The number of nitriles is 1. The quantitative estimate of drug-likeness (QED) is 0.583. The number of amides is 1. The number of carbonyl (C=O) groups excluding carboxylic acids is 1. The maximum absolute atomic E-state index is 10.5. The minimum atomic E-state index is -0.363. The highest BCUT2D eigenvalue weighted by Crippen LogP contribution is 1.79.